The van der Waals surface area contributed by atoms with Crippen LogP contribution in [-0.2, 0) is 5.41 Å². The van der Waals surface area contributed by atoms with E-state index in [1.807, 2.05) is 11.9 Å². The van der Waals surface area contributed by atoms with E-state index in [0.717, 1.165) is 11.3 Å². The lowest BCUT2D eigenvalue weighted by atomic mass is 9.82. The van der Waals surface area contributed by atoms with Crippen molar-refractivity contribution in [1.29, 1.82) is 0 Å². The third kappa shape index (κ3) is 2.11. The van der Waals surface area contributed by atoms with E-state index in [2.05, 4.69) is 20.8 Å². The van der Waals surface area contributed by atoms with Gasteiger partial charge in [0.1, 0.15) is 0 Å². The van der Waals surface area contributed by atoms with Gasteiger partial charge in [-0.1, -0.05) is 33.0 Å². The highest BCUT2D eigenvalue weighted by Gasteiger charge is 2.29. The van der Waals surface area contributed by atoms with Crippen LogP contribution in [0.2, 0.25) is 0 Å². The summed E-state index contributed by atoms with van der Waals surface area (Å²) in [5.74, 6) is 0. The van der Waals surface area contributed by atoms with Crippen LogP contribution in [0.4, 0.5) is 5.69 Å². The molecule has 0 unspecified atom stereocenters. The predicted molar refractivity (Wildman–Crippen MR) is 66.9 cm³/mol. The first-order chi connectivity index (χ1) is 6.80. The fourth-order valence-electron chi connectivity index (χ4n) is 1.75. The Hall–Kier alpha value is -0.740. The number of anilines is 1. The van der Waals surface area contributed by atoms with Crippen molar-refractivity contribution in [3.05, 3.63) is 20.3 Å². The lowest BCUT2D eigenvalue weighted by molar-refractivity contribution is 0.579. The lowest BCUT2D eigenvalue weighted by Crippen LogP contribution is -2.37. The Morgan fingerprint density at radius 3 is 2.33 bits per heavy atom. The molecular weight excluding hydrogens is 208 g/mol. The summed E-state index contributed by atoms with van der Waals surface area (Å²) in [4.78, 5) is 13.6. The van der Waals surface area contributed by atoms with Gasteiger partial charge < -0.3 is 10.6 Å². The standard InChI is InChI=1S/C11H18N2OS/c1-11(2,3)7-8(9(14)10(7)15)13(4)6-5-12/h5-6,12H2,1-4H3. The molecule has 0 aromatic heterocycles. The van der Waals surface area contributed by atoms with E-state index in [-0.39, 0.29) is 10.8 Å². The highest BCUT2D eigenvalue weighted by Crippen LogP contribution is 2.32. The molecule has 1 aromatic carbocycles. The third-order valence-electron chi connectivity index (χ3n) is 2.48. The van der Waals surface area contributed by atoms with E-state index in [9.17, 15) is 4.79 Å². The molecule has 2 N–H and O–H groups in total. The van der Waals surface area contributed by atoms with Gasteiger partial charge in [-0.15, -0.1) is 0 Å². The molecule has 0 aliphatic heterocycles. The first-order valence-corrected chi connectivity index (χ1v) is 5.46. The van der Waals surface area contributed by atoms with E-state index in [1.54, 1.807) is 0 Å². The summed E-state index contributed by atoms with van der Waals surface area (Å²) in [6, 6.07) is 0. The maximum atomic E-state index is 11.7. The topological polar surface area (TPSA) is 46.3 Å². The number of likely N-dealkylation sites (N-methyl/N-ethyl adjacent to an activating group) is 1. The SMILES string of the molecule is CN(CCN)c1c(C(C)(C)C)c(=S)c1=O. The number of hydrogen-bond acceptors (Lipinski definition) is 4. The minimum absolute atomic E-state index is 0.00845. The van der Waals surface area contributed by atoms with Gasteiger partial charge in [-0.2, -0.15) is 0 Å². The number of nitrogens with two attached hydrogens (primary N) is 1. The van der Waals surface area contributed by atoms with Gasteiger partial charge in [0.2, 0.25) is 5.43 Å². The first-order valence-electron chi connectivity index (χ1n) is 5.05. The molecule has 0 aliphatic rings. The van der Waals surface area contributed by atoms with Crippen LogP contribution in [0.3, 0.4) is 0 Å². The summed E-state index contributed by atoms with van der Waals surface area (Å²) in [7, 11) is 1.88. The summed E-state index contributed by atoms with van der Waals surface area (Å²) < 4.78 is 0.487. The van der Waals surface area contributed by atoms with E-state index in [4.69, 9.17) is 18.0 Å². The van der Waals surface area contributed by atoms with Crippen LogP contribution < -0.4 is 16.1 Å². The van der Waals surface area contributed by atoms with E-state index >= 15 is 0 Å². The van der Waals surface area contributed by atoms with Gasteiger partial charge in [-0.3, -0.25) is 4.79 Å². The Bertz CT molecular complexity index is 424. The Morgan fingerprint density at radius 2 is 1.93 bits per heavy atom. The van der Waals surface area contributed by atoms with Crippen molar-refractivity contribution < 1.29 is 0 Å². The van der Waals surface area contributed by atoms with Crippen molar-refractivity contribution in [3.63, 3.8) is 0 Å². The fraction of sp³-hybridized carbons (Fsp3) is 0.636. The van der Waals surface area contributed by atoms with Crippen molar-refractivity contribution in [3.8, 4) is 0 Å². The maximum absolute atomic E-state index is 11.7. The van der Waals surface area contributed by atoms with Crippen LogP contribution in [0, 0.1) is 4.51 Å². The second-order valence-electron chi connectivity index (χ2n) is 4.84. The van der Waals surface area contributed by atoms with E-state index in [0.29, 0.717) is 17.6 Å². The van der Waals surface area contributed by atoms with Crippen LogP contribution in [-0.4, -0.2) is 20.1 Å². The molecule has 0 heterocycles. The zero-order valence-corrected chi connectivity index (χ0v) is 10.6. The number of hydrogen-bond donors (Lipinski definition) is 1. The van der Waals surface area contributed by atoms with Crippen LogP contribution in [0.5, 0.6) is 0 Å². The summed E-state index contributed by atoms with van der Waals surface area (Å²) >= 11 is 5.09. The molecule has 0 bridgehead atoms. The molecule has 1 rings (SSSR count). The van der Waals surface area contributed by atoms with Crippen LogP contribution in [0.1, 0.15) is 26.3 Å². The minimum Gasteiger partial charge on any atom is -0.370 e. The van der Waals surface area contributed by atoms with Crippen LogP contribution in [0.25, 0.3) is 0 Å². The summed E-state index contributed by atoms with van der Waals surface area (Å²) in [5.41, 5.74) is 7.14. The Labute approximate surface area is 95.6 Å². The van der Waals surface area contributed by atoms with E-state index < -0.39 is 0 Å². The van der Waals surface area contributed by atoms with Gasteiger partial charge in [0.05, 0.1) is 10.2 Å². The summed E-state index contributed by atoms with van der Waals surface area (Å²) in [6.07, 6.45) is 0. The molecule has 3 nitrogen and oxygen atoms in total. The second-order valence-corrected chi connectivity index (χ2v) is 5.25. The Balaban J connectivity index is 3.16. The van der Waals surface area contributed by atoms with Gasteiger partial charge in [-0.25, -0.2) is 0 Å². The average molecular weight is 226 g/mol. The van der Waals surface area contributed by atoms with Gasteiger partial charge in [0.15, 0.2) is 0 Å². The zero-order chi connectivity index (χ0) is 11.8. The molecule has 0 amide bonds. The monoisotopic (exact) mass is 226 g/mol. The highest BCUT2D eigenvalue weighted by atomic mass is 32.1. The number of rotatable bonds is 3. The smallest absolute Gasteiger partial charge is 0.220 e. The molecular formula is C11H18N2OS. The predicted octanol–water partition coefficient (Wildman–Crippen LogP) is 1.34. The van der Waals surface area contributed by atoms with Gasteiger partial charge in [0.25, 0.3) is 0 Å². The third-order valence-corrected chi connectivity index (χ3v) is 2.87. The Morgan fingerprint density at radius 1 is 1.40 bits per heavy atom. The van der Waals surface area contributed by atoms with Crippen molar-refractivity contribution in [1.82, 2.24) is 0 Å². The minimum atomic E-state index is -0.0663. The summed E-state index contributed by atoms with van der Waals surface area (Å²) in [5, 5.41) is 0. The van der Waals surface area contributed by atoms with Crippen LogP contribution in [0.15, 0.2) is 4.79 Å². The highest BCUT2D eigenvalue weighted by molar-refractivity contribution is 7.71. The molecule has 0 saturated heterocycles. The average Bonchev–Trinajstić information content (AvgIpc) is 2.10. The normalized spacial score (nSPS) is 12.1. The zero-order valence-electron chi connectivity index (χ0n) is 9.76. The quantitative estimate of drug-likeness (QED) is 0.790. The first kappa shape index (κ1) is 12.3. The molecule has 0 spiro atoms. The van der Waals surface area contributed by atoms with Gasteiger partial charge >= 0.3 is 0 Å². The molecule has 0 radical (unpaired) electrons. The van der Waals surface area contributed by atoms with Gasteiger partial charge in [0, 0.05) is 25.7 Å². The Kier molecular flexibility index (Phi) is 3.31. The van der Waals surface area contributed by atoms with Crippen molar-refractivity contribution in [2.75, 3.05) is 25.0 Å². The lowest BCUT2D eigenvalue weighted by Gasteiger charge is -2.30. The molecule has 0 atom stereocenters. The largest absolute Gasteiger partial charge is 0.370 e. The molecule has 15 heavy (non-hydrogen) atoms. The van der Waals surface area contributed by atoms with Crippen molar-refractivity contribution in [2.24, 2.45) is 5.73 Å². The number of nitrogens with zero attached hydrogens (tertiary/aromatic N) is 1. The van der Waals surface area contributed by atoms with Crippen LogP contribution >= 0.6 is 12.2 Å². The molecule has 4 heteroatoms. The summed E-state index contributed by atoms with van der Waals surface area (Å²) in [6.45, 7) is 7.42. The molecule has 0 fully saturated rings. The van der Waals surface area contributed by atoms with Crippen molar-refractivity contribution in [2.45, 2.75) is 26.2 Å². The molecule has 84 valence electrons. The molecule has 0 aliphatic carbocycles. The van der Waals surface area contributed by atoms with Crippen molar-refractivity contribution >= 4 is 17.9 Å². The molecule has 1 aromatic rings. The van der Waals surface area contributed by atoms with Gasteiger partial charge in [-0.05, 0) is 5.41 Å². The maximum Gasteiger partial charge on any atom is 0.220 e. The second kappa shape index (κ2) is 4.02. The fourth-order valence-corrected chi connectivity index (χ4v) is 2.24. The van der Waals surface area contributed by atoms with E-state index in [1.165, 1.54) is 0 Å². The molecule has 0 saturated carbocycles.